The smallest absolute Gasteiger partial charge is 0.254 e. The van der Waals surface area contributed by atoms with Crippen molar-refractivity contribution in [3.8, 4) is 0 Å². The van der Waals surface area contributed by atoms with Gasteiger partial charge in [-0.1, -0.05) is 32.3 Å². The second-order valence-corrected chi connectivity index (χ2v) is 7.88. The lowest BCUT2D eigenvalue weighted by atomic mass is 9.95. The number of nitrogens with one attached hydrogen (secondary N) is 2. The molecule has 1 aromatic rings. The van der Waals surface area contributed by atoms with E-state index in [9.17, 15) is 14.4 Å². The molecule has 1 atom stereocenters. The summed E-state index contributed by atoms with van der Waals surface area (Å²) in [5, 5.41) is 5.99. The summed E-state index contributed by atoms with van der Waals surface area (Å²) < 4.78 is 0. The molecule has 1 aliphatic heterocycles. The van der Waals surface area contributed by atoms with Crippen molar-refractivity contribution < 1.29 is 14.4 Å². The molecule has 1 aliphatic carbocycles. The number of hydrogen-bond donors (Lipinski definition) is 2. The number of likely N-dealkylation sites (tertiary alicyclic amines) is 1. The minimum Gasteiger partial charge on any atom is -0.352 e. The first-order valence-corrected chi connectivity index (χ1v) is 10.6. The Balaban J connectivity index is 1.65. The third-order valence-electron chi connectivity index (χ3n) is 5.64. The first kappa shape index (κ1) is 20.4. The minimum atomic E-state index is -0.396. The van der Waals surface area contributed by atoms with Crippen LogP contribution in [0.1, 0.15) is 75.1 Å². The molecule has 6 heteroatoms. The minimum absolute atomic E-state index is 0.0230. The molecule has 6 nitrogen and oxygen atoms in total. The molecule has 1 saturated carbocycles. The first-order chi connectivity index (χ1) is 13.6. The number of nitrogens with zero attached hydrogens (tertiary/aromatic N) is 1. The number of carbonyl (C=O) groups excluding carboxylic acids is 3. The van der Waals surface area contributed by atoms with Crippen LogP contribution in [0.4, 0.5) is 5.69 Å². The Kier molecular flexibility index (Phi) is 7.06. The number of hydrogen-bond acceptors (Lipinski definition) is 3. The lowest BCUT2D eigenvalue weighted by Crippen LogP contribution is -2.49. The molecular weight excluding hydrogens is 354 g/mol. The molecule has 28 heavy (non-hydrogen) atoms. The Bertz CT molecular complexity index is 713. The molecule has 2 aliphatic rings. The summed E-state index contributed by atoms with van der Waals surface area (Å²) >= 11 is 0. The predicted molar refractivity (Wildman–Crippen MR) is 109 cm³/mol. The van der Waals surface area contributed by atoms with Gasteiger partial charge in [0.25, 0.3) is 5.91 Å². The lowest BCUT2D eigenvalue weighted by molar-refractivity contribution is -0.125. The highest BCUT2D eigenvalue weighted by molar-refractivity contribution is 5.99. The molecule has 0 spiro atoms. The fourth-order valence-corrected chi connectivity index (χ4v) is 4.17. The van der Waals surface area contributed by atoms with E-state index >= 15 is 0 Å². The maximum atomic E-state index is 13.1. The summed E-state index contributed by atoms with van der Waals surface area (Å²) in [4.78, 5) is 39.3. The summed E-state index contributed by atoms with van der Waals surface area (Å²) in [5.41, 5.74) is 1.12. The molecule has 1 unspecified atom stereocenters. The number of carbonyl (C=O) groups is 3. The quantitative estimate of drug-likeness (QED) is 0.787. The van der Waals surface area contributed by atoms with Crippen molar-refractivity contribution in [1.82, 2.24) is 10.2 Å². The average Bonchev–Trinajstić information content (AvgIpc) is 3.18. The van der Waals surface area contributed by atoms with Crippen LogP contribution < -0.4 is 10.6 Å². The van der Waals surface area contributed by atoms with Gasteiger partial charge in [0.05, 0.1) is 0 Å². The van der Waals surface area contributed by atoms with E-state index in [4.69, 9.17) is 0 Å². The average molecular weight is 386 g/mol. The van der Waals surface area contributed by atoms with Crippen LogP contribution >= 0.6 is 0 Å². The van der Waals surface area contributed by atoms with E-state index in [0.717, 1.165) is 38.5 Å². The van der Waals surface area contributed by atoms with Gasteiger partial charge < -0.3 is 15.5 Å². The van der Waals surface area contributed by atoms with Gasteiger partial charge in [0.2, 0.25) is 11.8 Å². The predicted octanol–water partition coefficient (Wildman–Crippen LogP) is 3.48. The largest absolute Gasteiger partial charge is 0.352 e. The zero-order chi connectivity index (χ0) is 19.9. The number of amides is 3. The van der Waals surface area contributed by atoms with E-state index in [1.54, 1.807) is 29.2 Å². The van der Waals surface area contributed by atoms with Gasteiger partial charge in [-0.05, 0) is 50.3 Å². The Labute approximate surface area is 167 Å². The summed E-state index contributed by atoms with van der Waals surface area (Å²) in [6.45, 7) is 2.54. The van der Waals surface area contributed by atoms with E-state index in [-0.39, 0.29) is 23.8 Å². The third kappa shape index (κ3) is 5.12. The van der Waals surface area contributed by atoms with Crippen LogP contribution in [0.3, 0.4) is 0 Å². The van der Waals surface area contributed by atoms with Gasteiger partial charge in [0.15, 0.2) is 0 Å². The van der Waals surface area contributed by atoms with Gasteiger partial charge in [0, 0.05) is 30.3 Å². The van der Waals surface area contributed by atoms with Gasteiger partial charge in [-0.3, -0.25) is 14.4 Å². The lowest BCUT2D eigenvalue weighted by Gasteiger charge is -2.28. The van der Waals surface area contributed by atoms with E-state index in [1.165, 1.54) is 6.42 Å². The standard InChI is InChI=1S/C22H31N3O3/c1-2-8-20(26)23-18-12-6-9-16(15-18)22(28)25-14-7-13-19(25)21(27)24-17-10-4-3-5-11-17/h6,9,12,15,17,19H,2-5,7-8,10-11,13-14H2,1H3,(H,23,26)(H,24,27). The van der Waals surface area contributed by atoms with Crippen molar-refractivity contribution in [3.05, 3.63) is 29.8 Å². The van der Waals surface area contributed by atoms with Crippen LogP contribution in [0.2, 0.25) is 0 Å². The van der Waals surface area contributed by atoms with E-state index < -0.39 is 6.04 Å². The van der Waals surface area contributed by atoms with E-state index in [1.807, 2.05) is 6.92 Å². The van der Waals surface area contributed by atoms with Crippen molar-refractivity contribution in [2.45, 2.75) is 76.8 Å². The zero-order valence-corrected chi connectivity index (χ0v) is 16.7. The summed E-state index contributed by atoms with van der Waals surface area (Å²) in [7, 11) is 0. The normalized spacial score (nSPS) is 20.0. The molecule has 3 amide bonds. The monoisotopic (exact) mass is 385 g/mol. The summed E-state index contributed by atoms with van der Waals surface area (Å²) in [6, 6.07) is 6.84. The Morgan fingerprint density at radius 1 is 1.07 bits per heavy atom. The topological polar surface area (TPSA) is 78.5 Å². The Morgan fingerprint density at radius 3 is 2.61 bits per heavy atom. The van der Waals surface area contributed by atoms with Gasteiger partial charge in [0.1, 0.15) is 6.04 Å². The molecule has 1 saturated heterocycles. The Hall–Kier alpha value is -2.37. The van der Waals surface area contributed by atoms with Crippen molar-refractivity contribution in [1.29, 1.82) is 0 Å². The van der Waals surface area contributed by atoms with Gasteiger partial charge in [-0.25, -0.2) is 0 Å². The van der Waals surface area contributed by atoms with Crippen molar-refractivity contribution >= 4 is 23.4 Å². The van der Waals surface area contributed by atoms with Gasteiger partial charge >= 0.3 is 0 Å². The number of anilines is 1. The van der Waals surface area contributed by atoms with Crippen LogP contribution in [0, 0.1) is 0 Å². The molecule has 3 rings (SSSR count). The van der Waals surface area contributed by atoms with Crippen LogP contribution in [0.5, 0.6) is 0 Å². The molecular formula is C22H31N3O3. The molecule has 1 heterocycles. The van der Waals surface area contributed by atoms with Crippen molar-refractivity contribution in [2.24, 2.45) is 0 Å². The van der Waals surface area contributed by atoms with E-state index in [0.29, 0.717) is 30.6 Å². The first-order valence-electron chi connectivity index (χ1n) is 10.6. The van der Waals surface area contributed by atoms with E-state index in [2.05, 4.69) is 10.6 Å². The van der Waals surface area contributed by atoms with Gasteiger partial charge in [-0.2, -0.15) is 0 Å². The second kappa shape index (κ2) is 9.71. The highest BCUT2D eigenvalue weighted by atomic mass is 16.2. The molecule has 0 aromatic heterocycles. The maximum Gasteiger partial charge on any atom is 0.254 e. The third-order valence-corrected chi connectivity index (χ3v) is 5.64. The summed E-state index contributed by atoms with van der Waals surface area (Å²) in [6.07, 6.45) is 8.40. The number of benzene rings is 1. The second-order valence-electron chi connectivity index (χ2n) is 7.88. The molecule has 2 fully saturated rings. The van der Waals surface area contributed by atoms with Crippen LogP contribution in [-0.2, 0) is 9.59 Å². The molecule has 1 aromatic carbocycles. The van der Waals surface area contributed by atoms with Crippen LogP contribution in [-0.4, -0.2) is 41.2 Å². The summed E-state index contributed by atoms with van der Waals surface area (Å²) in [5.74, 6) is -0.226. The molecule has 0 bridgehead atoms. The highest BCUT2D eigenvalue weighted by Gasteiger charge is 2.35. The number of rotatable bonds is 6. The van der Waals surface area contributed by atoms with Crippen molar-refractivity contribution in [3.63, 3.8) is 0 Å². The fraction of sp³-hybridized carbons (Fsp3) is 0.591. The van der Waals surface area contributed by atoms with Crippen LogP contribution in [0.15, 0.2) is 24.3 Å². The highest BCUT2D eigenvalue weighted by Crippen LogP contribution is 2.23. The Morgan fingerprint density at radius 2 is 1.86 bits per heavy atom. The fourth-order valence-electron chi connectivity index (χ4n) is 4.17. The van der Waals surface area contributed by atoms with Gasteiger partial charge in [-0.15, -0.1) is 0 Å². The van der Waals surface area contributed by atoms with Crippen molar-refractivity contribution in [2.75, 3.05) is 11.9 Å². The molecule has 152 valence electrons. The SMILES string of the molecule is CCCC(=O)Nc1cccc(C(=O)N2CCCC2C(=O)NC2CCCCC2)c1. The molecule has 2 N–H and O–H groups in total. The van der Waals surface area contributed by atoms with Crippen LogP contribution in [0.25, 0.3) is 0 Å². The maximum absolute atomic E-state index is 13.1. The molecule has 0 radical (unpaired) electrons. The zero-order valence-electron chi connectivity index (χ0n) is 16.7.